The van der Waals surface area contributed by atoms with E-state index in [2.05, 4.69) is 5.32 Å². The molecule has 1 heterocycles. The number of aryl methyl sites for hydroxylation is 1. The minimum absolute atomic E-state index is 0.0864. The highest BCUT2D eigenvalue weighted by Gasteiger charge is 2.16. The second-order valence-electron chi connectivity index (χ2n) is 4.22. The van der Waals surface area contributed by atoms with E-state index in [1.165, 1.54) is 18.2 Å². The lowest BCUT2D eigenvalue weighted by molar-refractivity contribution is -0.384. The average molecular weight is 290 g/mol. The summed E-state index contributed by atoms with van der Waals surface area (Å²) in [6.45, 7) is 1.60. The predicted molar refractivity (Wildman–Crippen MR) is 71.5 cm³/mol. The van der Waals surface area contributed by atoms with Crippen LogP contribution in [0.5, 0.6) is 0 Å². The van der Waals surface area contributed by atoms with Crippen molar-refractivity contribution in [2.45, 2.75) is 6.92 Å². The van der Waals surface area contributed by atoms with Crippen molar-refractivity contribution in [3.63, 3.8) is 0 Å². The predicted octanol–water partition coefficient (Wildman–Crippen LogP) is 2.45. The number of aromatic carboxylic acids is 1. The summed E-state index contributed by atoms with van der Waals surface area (Å²) in [6, 6.07) is 5.07. The number of hydrogen-bond acceptors (Lipinski definition) is 5. The van der Waals surface area contributed by atoms with E-state index in [0.717, 1.165) is 12.3 Å². The molecule has 0 radical (unpaired) electrons. The van der Waals surface area contributed by atoms with Crippen molar-refractivity contribution in [1.29, 1.82) is 0 Å². The molecule has 2 aromatic rings. The normalized spacial score (nSPS) is 10.1. The van der Waals surface area contributed by atoms with Crippen LogP contribution < -0.4 is 5.32 Å². The molecule has 0 fully saturated rings. The van der Waals surface area contributed by atoms with Crippen molar-refractivity contribution in [2.75, 3.05) is 5.32 Å². The van der Waals surface area contributed by atoms with Crippen LogP contribution in [0, 0.1) is 17.0 Å². The van der Waals surface area contributed by atoms with E-state index in [1.54, 1.807) is 6.92 Å². The van der Waals surface area contributed by atoms with Gasteiger partial charge in [0.1, 0.15) is 6.26 Å². The summed E-state index contributed by atoms with van der Waals surface area (Å²) < 4.78 is 4.86. The fourth-order valence-corrected chi connectivity index (χ4v) is 1.65. The number of carboxylic acids is 1. The largest absolute Gasteiger partial charge is 0.478 e. The third kappa shape index (κ3) is 3.06. The Kier molecular flexibility index (Phi) is 3.70. The lowest BCUT2D eigenvalue weighted by Gasteiger charge is -2.06. The zero-order chi connectivity index (χ0) is 15.6. The van der Waals surface area contributed by atoms with Crippen LogP contribution in [0.1, 0.15) is 26.5 Å². The smallest absolute Gasteiger partial charge is 0.338 e. The molecule has 0 unspecified atom stereocenters. The number of nitro groups is 1. The van der Waals surface area contributed by atoms with E-state index in [9.17, 15) is 19.7 Å². The van der Waals surface area contributed by atoms with Gasteiger partial charge in [-0.2, -0.15) is 0 Å². The first-order chi connectivity index (χ1) is 9.88. The monoisotopic (exact) mass is 290 g/mol. The number of carboxylic acid groups (broad SMARTS) is 1. The van der Waals surface area contributed by atoms with Gasteiger partial charge in [0.25, 0.3) is 11.6 Å². The number of nitro benzene ring substituents is 1. The molecule has 0 spiro atoms. The van der Waals surface area contributed by atoms with Crippen LogP contribution in [0.15, 0.2) is 34.9 Å². The third-order valence-corrected chi connectivity index (χ3v) is 2.74. The van der Waals surface area contributed by atoms with Gasteiger partial charge in [0.15, 0.2) is 5.76 Å². The van der Waals surface area contributed by atoms with E-state index in [0.29, 0.717) is 11.3 Å². The van der Waals surface area contributed by atoms with Crippen LogP contribution in [-0.2, 0) is 0 Å². The zero-order valence-corrected chi connectivity index (χ0v) is 10.8. The van der Waals surface area contributed by atoms with Crippen LogP contribution in [0.3, 0.4) is 0 Å². The lowest BCUT2D eigenvalue weighted by Crippen LogP contribution is -2.12. The van der Waals surface area contributed by atoms with E-state index >= 15 is 0 Å². The summed E-state index contributed by atoms with van der Waals surface area (Å²) in [4.78, 5) is 32.7. The quantitative estimate of drug-likeness (QED) is 0.658. The van der Waals surface area contributed by atoms with Crippen molar-refractivity contribution in [3.05, 3.63) is 57.5 Å². The Bertz CT molecular complexity index is 734. The Morgan fingerprint density at radius 3 is 2.57 bits per heavy atom. The second-order valence-corrected chi connectivity index (χ2v) is 4.22. The highest BCUT2D eigenvalue weighted by atomic mass is 16.6. The molecule has 0 saturated heterocycles. The molecule has 0 saturated carbocycles. The number of nitrogens with one attached hydrogen (secondary N) is 1. The highest BCUT2D eigenvalue weighted by Crippen LogP contribution is 2.22. The molecular formula is C13H10N2O6. The first-order valence-corrected chi connectivity index (χ1v) is 5.76. The van der Waals surface area contributed by atoms with Crippen molar-refractivity contribution < 1.29 is 24.0 Å². The van der Waals surface area contributed by atoms with Crippen molar-refractivity contribution >= 4 is 23.3 Å². The minimum atomic E-state index is -1.20. The number of non-ortho nitro benzene ring substituents is 1. The van der Waals surface area contributed by atoms with Gasteiger partial charge in [0.05, 0.1) is 10.5 Å². The Balaban J connectivity index is 2.19. The number of hydrogen-bond donors (Lipinski definition) is 2. The van der Waals surface area contributed by atoms with Crippen molar-refractivity contribution in [3.8, 4) is 0 Å². The molecule has 1 amide bonds. The summed E-state index contributed by atoms with van der Waals surface area (Å²) in [5.74, 6) is -2.01. The molecule has 1 aromatic heterocycles. The topological polar surface area (TPSA) is 123 Å². The van der Waals surface area contributed by atoms with Gasteiger partial charge in [-0.3, -0.25) is 14.9 Å². The summed E-state index contributed by atoms with van der Waals surface area (Å²) in [5.41, 5.74) is 0.652. The van der Waals surface area contributed by atoms with E-state index in [1.807, 2.05) is 0 Å². The van der Waals surface area contributed by atoms with Crippen molar-refractivity contribution in [1.82, 2.24) is 0 Å². The first-order valence-electron chi connectivity index (χ1n) is 5.76. The number of furan rings is 1. The summed E-state index contributed by atoms with van der Waals surface area (Å²) in [5, 5.41) is 21.9. The molecule has 0 aliphatic rings. The fraction of sp³-hybridized carbons (Fsp3) is 0.0769. The Morgan fingerprint density at radius 1 is 1.33 bits per heavy atom. The van der Waals surface area contributed by atoms with Crippen LogP contribution in [0.4, 0.5) is 11.4 Å². The van der Waals surface area contributed by atoms with Crippen LogP contribution in [0.2, 0.25) is 0 Å². The molecule has 1 aromatic carbocycles. The van der Waals surface area contributed by atoms with Crippen molar-refractivity contribution in [2.24, 2.45) is 0 Å². The fourth-order valence-electron chi connectivity index (χ4n) is 1.65. The van der Waals surface area contributed by atoms with Crippen LogP contribution in [0.25, 0.3) is 0 Å². The number of nitrogens with zero attached hydrogens (tertiary/aromatic N) is 1. The van der Waals surface area contributed by atoms with Gasteiger partial charge in [-0.05, 0) is 18.6 Å². The molecule has 0 aliphatic carbocycles. The average Bonchev–Trinajstić information content (AvgIpc) is 2.90. The Labute approximate surface area is 118 Å². The van der Waals surface area contributed by atoms with Crippen LogP contribution in [-0.4, -0.2) is 21.9 Å². The Hall–Kier alpha value is -3.16. The van der Waals surface area contributed by atoms with Gasteiger partial charge in [-0.25, -0.2) is 4.79 Å². The van der Waals surface area contributed by atoms with Gasteiger partial charge in [0.2, 0.25) is 0 Å². The number of amides is 1. The maximum absolute atomic E-state index is 11.9. The second kappa shape index (κ2) is 5.45. The molecule has 2 rings (SSSR count). The molecule has 2 N–H and O–H groups in total. The highest BCUT2D eigenvalue weighted by molar-refractivity contribution is 6.04. The molecule has 0 bridgehead atoms. The van der Waals surface area contributed by atoms with Gasteiger partial charge < -0.3 is 14.8 Å². The third-order valence-electron chi connectivity index (χ3n) is 2.74. The first kappa shape index (κ1) is 14.3. The number of carbonyl (C=O) groups is 2. The van der Waals surface area contributed by atoms with E-state index < -0.39 is 16.8 Å². The summed E-state index contributed by atoms with van der Waals surface area (Å²) in [6.07, 6.45) is 0.958. The summed E-state index contributed by atoms with van der Waals surface area (Å²) >= 11 is 0. The standard InChI is InChI=1S/C13H10N2O6/c1-7-4-9(15(19)20)2-3-10(7)14-12(16)11-5-8(6-21-11)13(17)18/h2-6H,1H3,(H,14,16)(H,17,18). The van der Waals surface area contributed by atoms with Gasteiger partial charge in [-0.1, -0.05) is 0 Å². The molecule has 108 valence electrons. The number of carbonyl (C=O) groups excluding carboxylic acids is 1. The Morgan fingerprint density at radius 2 is 2.05 bits per heavy atom. The summed E-state index contributed by atoms with van der Waals surface area (Å²) in [7, 11) is 0. The zero-order valence-electron chi connectivity index (χ0n) is 10.8. The molecule has 8 nitrogen and oxygen atoms in total. The molecular weight excluding hydrogens is 280 g/mol. The molecule has 0 aliphatic heterocycles. The van der Waals surface area contributed by atoms with Crippen LogP contribution >= 0.6 is 0 Å². The van der Waals surface area contributed by atoms with Gasteiger partial charge >= 0.3 is 5.97 Å². The van der Waals surface area contributed by atoms with E-state index in [4.69, 9.17) is 9.52 Å². The van der Waals surface area contributed by atoms with Gasteiger partial charge in [-0.15, -0.1) is 0 Å². The SMILES string of the molecule is Cc1cc([N+](=O)[O-])ccc1NC(=O)c1cc(C(=O)O)co1. The molecule has 0 atom stereocenters. The maximum atomic E-state index is 11.9. The minimum Gasteiger partial charge on any atom is -0.478 e. The number of rotatable bonds is 4. The number of benzene rings is 1. The van der Waals surface area contributed by atoms with E-state index in [-0.39, 0.29) is 17.0 Å². The molecule has 8 heteroatoms. The van der Waals surface area contributed by atoms with Gasteiger partial charge in [0, 0.05) is 23.9 Å². The number of anilines is 1. The molecule has 21 heavy (non-hydrogen) atoms. The lowest BCUT2D eigenvalue weighted by atomic mass is 10.1. The maximum Gasteiger partial charge on any atom is 0.338 e.